The van der Waals surface area contributed by atoms with Gasteiger partial charge in [-0.25, -0.2) is 4.79 Å². The summed E-state index contributed by atoms with van der Waals surface area (Å²) in [5.41, 5.74) is 2.03. The van der Waals surface area contributed by atoms with E-state index in [-0.39, 0.29) is 11.8 Å². The first-order valence-corrected chi connectivity index (χ1v) is 6.10. The van der Waals surface area contributed by atoms with Gasteiger partial charge in [0.05, 0.1) is 18.9 Å². The van der Waals surface area contributed by atoms with E-state index in [9.17, 15) is 9.59 Å². The number of aryl methyl sites for hydroxylation is 1. The van der Waals surface area contributed by atoms with Crippen molar-refractivity contribution in [1.29, 1.82) is 0 Å². The molecule has 0 fully saturated rings. The molecule has 1 rings (SSSR count). The lowest BCUT2D eigenvalue weighted by atomic mass is 10.0. The van der Waals surface area contributed by atoms with E-state index in [0.29, 0.717) is 17.6 Å². The number of hydrogen-bond acceptors (Lipinski definition) is 4. The van der Waals surface area contributed by atoms with E-state index >= 15 is 0 Å². The van der Waals surface area contributed by atoms with Crippen LogP contribution in [0.4, 0.5) is 0 Å². The molecule has 1 N–H and O–H groups in total. The number of benzene rings is 1. The summed E-state index contributed by atoms with van der Waals surface area (Å²) >= 11 is 0. The number of aliphatic hydroxyl groups is 1. The van der Waals surface area contributed by atoms with Crippen LogP contribution >= 0.6 is 0 Å². The largest absolute Gasteiger partial charge is 0.515 e. The lowest BCUT2D eigenvalue weighted by molar-refractivity contribution is -0.113. The number of carbonyl (C=O) groups is 2. The average Bonchev–Trinajstić information content (AvgIpc) is 2.43. The zero-order valence-electron chi connectivity index (χ0n) is 11.2. The van der Waals surface area contributed by atoms with Crippen molar-refractivity contribution in [3.05, 3.63) is 47.2 Å². The van der Waals surface area contributed by atoms with Crippen molar-refractivity contribution in [3.8, 4) is 0 Å². The van der Waals surface area contributed by atoms with Crippen LogP contribution in [0.3, 0.4) is 0 Å². The van der Waals surface area contributed by atoms with E-state index < -0.39 is 0 Å². The first-order valence-electron chi connectivity index (χ1n) is 6.10. The first-order chi connectivity index (χ1) is 9.08. The van der Waals surface area contributed by atoms with E-state index in [4.69, 9.17) is 5.11 Å². The molecule has 0 aliphatic rings. The van der Waals surface area contributed by atoms with E-state index in [0.717, 1.165) is 24.7 Å². The van der Waals surface area contributed by atoms with Crippen LogP contribution in [0, 0.1) is 0 Å². The standard InChI is InChI=1S/C15H18O4/c1-11(17)14(10-16)5-3-4-12-6-8-13(9-7-12)15(18)19-2/h6-10,16H,3-5H2,1-2H3/b14-10+. The van der Waals surface area contributed by atoms with Crippen LogP contribution in [0.1, 0.15) is 35.7 Å². The predicted molar refractivity (Wildman–Crippen MR) is 72.1 cm³/mol. The first kappa shape index (κ1) is 15.0. The number of allylic oxidation sites excluding steroid dienone is 1. The van der Waals surface area contributed by atoms with Crippen molar-refractivity contribution < 1.29 is 19.4 Å². The van der Waals surface area contributed by atoms with Crippen molar-refractivity contribution in [3.63, 3.8) is 0 Å². The molecule has 0 aromatic heterocycles. The highest BCUT2D eigenvalue weighted by Gasteiger charge is 2.06. The van der Waals surface area contributed by atoms with Gasteiger partial charge in [-0.15, -0.1) is 0 Å². The molecule has 0 saturated carbocycles. The van der Waals surface area contributed by atoms with Crippen molar-refractivity contribution in [2.75, 3.05) is 7.11 Å². The Balaban J connectivity index is 2.51. The number of Topliss-reactive ketones (excluding diaryl/α,β-unsaturated/α-hetero) is 1. The zero-order chi connectivity index (χ0) is 14.3. The molecule has 19 heavy (non-hydrogen) atoms. The molecular weight excluding hydrogens is 244 g/mol. The number of methoxy groups -OCH3 is 1. The molecule has 0 spiro atoms. The van der Waals surface area contributed by atoms with Gasteiger partial charge in [0.2, 0.25) is 0 Å². The molecule has 1 aromatic carbocycles. The summed E-state index contributed by atoms with van der Waals surface area (Å²) in [4.78, 5) is 22.3. The maximum Gasteiger partial charge on any atom is 0.337 e. The maximum absolute atomic E-state index is 11.2. The quantitative estimate of drug-likeness (QED) is 0.486. The summed E-state index contributed by atoms with van der Waals surface area (Å²) in [6, 6.07) is 7.16. The Morgan fingerprint density at radius 2 is 1.89 bits per heavy atom. The molecule has 0 unspecified atom stereocenters. The lowest BCUT2D eigenvalue weighted by Crippen LogP contribution is -2.01. The topological polar surface area (TPSA) is 63.6 Å². The smallest absolute Gasteiger partial charge is 0.337 e. The molecule has 0 atom stereocenters. The number of ketones is 1. The Kier molecular flexibility index (Phi) is 5.79. The molecule has 0 aliphatic heterocycles. The van der Waals surface area contributed by atoms with Gasteiger partial charge < -0.3 is 9.84 Å². The van der Waals surface area contributed by atoms with Gasteiger partial charge in [0.15, 0.2) is 5.78 Å². The molecule has 0 radical (unpaired) electrons. The summed E-state index contributed by atoms with van der Waals surface area (Å²) in [6.07, 6.45) is 2.98. The minimum atomic E-state index is -0.353. The maximum atomic E-state index is 11.2. The highest BCUT2D eigenvalue weighted by molar-refractivity contribution is 5.92. The SMILES string of the molecule is COC(=O)c1ccc(CCC/C(=C\O)C(C)=O)cc1. The van der Waals surface area contributed by atoms with E-state index in [1.54, 1.807) is 12.1 Å². The normalized spacial score (nSPS) is 11.2. The lowest BCUT2D eigenvalue weighted by Gasteiger charge is -2.04. The minimum absolute atomic E-state index is 0.108. The van der Waals surface area contributed by atoms with Crippen LogP contribution in [-0.2, 0) is 16.0 Å². The molecule has 4 nitrogen and oxygen atoms in total. The summed E-state index contributed by atoms with van der Waals surface area (Å²) in [5.74, 6) is -0.461. The fraction of sp³-hybridized carbons (Fsp3) is 0.333. The zero-order valence-corrected chi connectivity index (χ0v) is 11.2. The van der Waals surface area contributed by atoms with Gasteiger partial charge in [-0.1, -0.05) is 12.1 Å². The predicted octanol–water partition coefficient (Wildman–Crippen LogP) is 2.83. The summed E-state index contributed by atoms with van der Waals surface area (Å²) in [7, 11) is 1.35. The number of carbonyl (C=O) groups excluding carboxylic acids is 2. The van der Waals surface area contributed by atoms with Gasteiger partial charge >= 0.3 is 5.97 Å². The molecule has 0 heterocycles. The Bertz CT molecular complexity index is 471. The van der Waals surface area contributed by atoms with Crippen LogP contribution in [-0.4, -0.2) is 24.0 Å². The third kappa shape index (κ3) is 4.58. The van der Waals surface area contributed by atoms with Crippen LogP contribution in [0.2, 0.25) is 0 Å². The molecular formula is C15H18O4. The number of rotatable bonds is 6. The highest BCUT2D eigenvalue weighted by Crippen LogP contribution is 2.12. The van der Waals surface area contributed by atoms with Crippen LogP contribution in [0.15, 0.2) is 36.1 Å². The number of aliphatic hydroxyl groups excluding tert-OH is 1. The second kappa shape index (κ2) is 7.36. The van der Waals surface area contributed by atoms with E-state index in [1.807, 2.05) is 12.1 Å². The number of ether oxygens (including phenoxy) is 1. The van der Waals surface area contributed by atoms with Gasteiger partial charge in [0.1, 0.15) is 0 Å². The van der Waals surface area contributed by atoms with E-state index in [1.165, 1.54) is 14.0 Å². The monoisotopic (exact) mass is 262 g/mol. The summed E-state index contributed by atoms with van der Waals surface area (Å²) < 4.78 is 4.62. The second-order valence-corrected chi connectivity index (χ2v) is 4.25. The van der Waals surface area contributed by atoms with Gasteiger partial charge in [-0.2, -0.15) is 0 Å². The molecule has 0 saturated heterocycles. The third-order valence-corrected chi connectivity index (χ3v) is 2.89. The molecule has 0 aliphatic carbocycles. The van der Waals surface area contributed by atoms with Crippen molar-refractivity contribution in [2.45, 2.75) is 26.2 Å². The number of hydrogen-bond donors (Lipinski definition) is 1. The van der Waals surface area contributed by atoms with Crippen LogP contribution < -0.4 is 0 Å². The van der Waals surface area contributed by atoms with Gasteiger partial charge in [-0.05, 0) is 43.9 Å². The van der Waals surface area contributed by atoms with Crippen molar-refractivity contribution in [1.82, 2.24) is 0 Å². The average molecular weight is 262 g/mol. The number of esters is 1. The van der Waals surface area contributed by atoms with Crippen LogP contribution in [0.25, 0.3) is 0 Å². The molecule has 102 valence electrons. The summed E-state index contributed by atoms with van der Waals surface area (Å²) in [6.45, 7) is 1.44. The fourth-order valence-corrected chi connectivity index (χ4v) is 1.74. The minimum Gasteiger partial charge on any atom is -0.515 e. The Morgan fingerprint density at radius 3 is 2.37 bits per heavy atom. The van der Waals surface area contributed by atoms with Gasteiger partial charge in [-0.3, -0.25) is 4.79 Å². The third-order valence-electron chi connectivity index (χ3n) is 2.89. The summed E-state index contributed by atoms with van der Waals surface area (Å²) in [5, 5.41) is 8.88. The molecule has 0 amide bonds. The highest BCUT2D eigenvalue weighted by atomic mass is 16.5. The van der Waals surface area contributed by atoms with Crippen molar-refractivity contribution >= 4 is 11.8 Å². The molecule has 0 bridgehead atoms. The Morgan fingerprint density at radius 1 is 1.26 bits per heavy atom. The van der Waals surface area contributed by atoms with Crippen molar-refractivity contribution in [2.24, 2.45) is 0 Å². The molecule has 1 aromatic rings. The Labute approximate surface area is 112 Å². The van der Waals surface area contributed by atoms with Gasteiger partial charge in [0.25, 0.3) is 0 Å². The fourth-order valence-electron chi connectivity index (χ4n) is 1.74. The molecule has 4 heteroatoms. The van der Waals surface area contributed by atoms with Gasteiger partial charge in [0, 0.05) is 5.57 Å². The second-order valence-electron chi connectivity index (χ2n) is 4.25. The van der Waals surface area contributed by atoms with Crippen LogP contribution in [0.5, 0.6) is 0 Å². The van der Waals surface area contributed by atoms with E-state index in [2.05, 4.69) is 4.74 Å². The Hall–Kier alpha value is -2.10.